The Morgan fingerprint density at radius 3 is 1.17 bits per heavy atom. The largest absolute Gasteiger partial charge is 0.0622 e. The van der Waals surface area contributed by atoms with Crippen LogP contribution in [0.2, 0.25) is 0 Å². The van der Waals surface area contributed by atoms with Crippen LogP contribution in [-0.2, 0) is 0 Å². The van der Waals surface area contributed by atoms with Crippen molar-refractivity contribution in [3.63, 3.8) is 0 Å². The van der Waals surface area contributed by atoms with Gasteiger partial charge in [-0.25, -0.2) is 0 Å². The molecule has 0 nitrogen and oxygen atoms in total. The topological polar surface area (TPSA) is 0 Å². The fourth-order valence-electron chi connectivity index (χ4n) is 6.49. The van der Waals surface area contributed by atoms with Crippen molar-refractivity contribution in [2.24, 2.45) is 0 Å². The van der Waals surface area contributed by atoms with Crippen LogP contribution in [0.15, 0.2) is 170 Å². The molecule has 0 aromatic heterocycles. The van der Waals surface area contributed by atoms with E-state index in [9.17, 15) is 0 Å². The molecular weight excluding hydrogens is 504 g/mol. The van der Waals surface area contributed by atoms with Gasteiger partial charge < -0.3 is 0 Å². The molecule has 8 aromatic rings. The molecule has 0 aliphatic heterocycles. The fourth-order valence-corrected chi connectivity index (χ4v) is 6.49. The van der Waals surface area contributed by atoms with E-state index in [0.717, 1.165) is 0 Å². The Kier molecular flexibility index (Phi) is 5.90. The summed E-state index contributed by atoms with van der Waals surface area (Å²) >= 11 is 0. The minimum absolute atomic E-state index is 1.23. The molecule has 0 aliphatic rings. The fraction of sp³-hybridized carbons (Fsp3) is 0. The minimum atomic E-state index is 1.23. The highest BCUT2D eigenvalue weighted by atomic mass is 14.2. The quantitative estimate of drug-likeness (QED) is 0.198. The highest BCUT2D eigenvalue weighted by molar-refractivity contribution is 6.23. The predicted molar refractivity (Wildman–Crippen MR) is 181 cm³/mol. The van der Waals surface area contributed by atoms with Crippen LogP contribution in [0.25, 0.3) is 76.8 Å². The van der Waals surface area contributed by atoms with Gasteiger partial charge in [-0.2, -0.15) is 0 Å². The predicted octanol–water partition coefficient (Wildman–Crippen LogP) is 11.8. The Hall–Kier alpha value is -5.46. The molecule has 0 amide bonds. The molecule has 0 heterocycles. The molecule has 196 valence electrons. The molecule has 0 saturated heterocycles. The maximum atomic E-state index is 2.39. The summed E-state index contributed by atoms with van der Waals surface area (Å²) < 4.78 is 0. The molecule has 0 unspecified atom stereocenters. The van der Waals surface area contributed by atoms with E-state index in [1.54, 1.807) is 0 Å². The first kappa shape index (κ1) is 24.3. The molecule has 0 aliphatic carbocycles. The maximum Gasteiger partial charge on any atom is -0.00199 e. The molecule has 0 atom stereocenters. The van der Waals surface area contributed by atoms with E-state index < -0.39 is 0 Å². The lowest BCUT2D eigenvalue weighted by Crippen LogP contribution is -1.93. The third kappa shape index (κ3) is 4.08. The first-order valence-corrected chi connectivity index (χ1v) is 14.5. The summed E-state index contributed by atoms with van der Waals surface area (Å²) in [5, 5.41) is 7.58. The summed E-state index contributed by atoms with van der Waals surface area (Å²) in [6.45, 7) is 0. The molecule has 8 rings (SSSR count). The number of benzene rings is 8. The molecule has 0 spiro atoms. The van der Waals surface area contributed by atoms with Gasteiger partial charge in [0.1, 0.15) is 0 Å². The third-order valence-corrected chi connectivity index (χ3v) is 8.45. The number of rotatable bonds is 4. The first-order valence-electron chi connectivity index (χ1n) is 14.5. The Bertz CT molecular complexity index is 2150. The molecule has 0 bridgehead atoms. The third-order valence-electron chi connectivity index (χ3n) is 8.45. The van der Waals surface area contributed by atoms with Crippen LogP contribution in [0.4, 0.5) is 0 Å². The SMILES string of the molecule is c1ccc(-c2ccc(-c3c4ccccc4c(-c4cc5ccccc5cc4-c4ccccc4)c4ccccc34)cc2)cc1. The monoisotopic (exact) mass is 532 g/mol. The van der Waals surface area contributed by atoms with Crippen molar-refractivity contribution < 1.29 is 0 Å². The van der Waals surface area contributed by atoms with E-state index in [-0.39, 0.29) is 0 Å². The normalized spacial score (nSPS) is 11.3. The summed E-state index contributed by atoms with van der Waals surface area (Å²) in [4.78, 5) is 0. The van der Waals surface area contributed by atoms with Crippen LogP contribution in [0.3, 0.4) is 0 Å². The van der Waals surface area contributed by atoms with Crippen molar-refractivity contribution in [1.82, 2.24) is 0 Å². The number of hydrogen-bond donors (Lipinski definition) is 0. The van der Waals surface area contributed by atoms with Gasteiger partial charge in [0.2, 0.25) is 0 Å². The van der Waals surface area contributed by atoms with Crippen LogP contribution in [0.1, 0.15) is 0 Å². The van der Waals surface area contributed by atoms with Crippen molar-refractivity contribution in [3.8, 4) is 44.5 Å². The van der Waals surface area contributed by atoms with Crippen LogP contribution < -0.4 is 0 Å². The molecular formula is C42H28. The lowest BCUT2D eigenvalue weighted by Gasteiger charge is -2.20. The summed E-state index contributed by atoms with van der Waals surface area (Å²) in [5.41, 5.74) is 10.0. The van der Waals surface area contributed by atoms with Gasteiger partial charge in [0.05, 0.1) is 0 Å². The Balaban J connectivity index is 1.44. The van der Waals surface area contributed by atoms with E-state index in [0.29, 0.717) is 0 Å². The van der Waals surface area contributed by atoms with Gasteiger partial charge in [-0.15, -0.1) is 0 Å². The molecule has 0 fully saturated rings. The van der Waals surface area contributed by atoms with Crippen LogP contribution in [0, 0.1) is 0 Å². The standard InChI is InChI=1S/C42H28/c1-3-13-29(14-4-1)30-23-25-32(26-24-30)41-35-19-9-11-21-37(35)42(38-22-12-10-20-36(38)41)40-28-34-18-8-7-17-33(34)27-39(40)31-15-5-2-6-16-31/h1-28H. The lowest BCUT2D eigenvalue weighted by atomic mass is 9.83. The van der Waals surface area contributed by atoms with Crippen molar-refractivity contribution in [1.29, 1.82) is 0 Å². The van der Waals surface area contributed by atoms with Crippen molar-refractivity contribution in [2.75, 3.05) is 0 Å². The van der Waals surface area contributed by atoms with Gasteiger partial charge in [0, 0.05) is 0 Å². The molecule has 0 saturated carbocycles. The average molecular weight is 533 g/mol. The molecule has 8 aromatic carbocycles. The minimum Gasteiger partial charge on any atom is -0.0622 e. The van der Waals surface area contributed by atoms with E-state index in [4.69, 9.17) is 0 Å². The zero-order valence-corrected chi connectivity index (χ0v) is 23.2. The summed E-state index contributed by atoms with van der Waals surface area (Å²) in [5.74, 6) is 0. The second-order valence-corrected chi connectivity index (χ2v) is 10.9. The van der Waals surface area contributed by atoms with Gasteiger partial charge in [-0.1, -0.05) is 158 Å². The Labute approximate surface area is 246 Å². The lowest BCUT2D eigenvalue weighted by molar-refractivity contribution is 1.61. The molecule has 0 heteroatoms. The van der Waals surface area contributed by atoms with E-state index in [1.807, 2.05) is 0 Å². The van der Waals surface area contributed by atoms with Gasteiger partial charge in [-0.3, -0.25) is 0 Å². The summed E-state index contributed by atoms with van der Waals surface area (Å²) in [6, 6.07) is 61.7. The number of fused-ring (bicyclic) bond motifs is 3. The van der Waals surface area contributed by atoms with E-state index in [1.165, 1.54) is 76.8 Å². The smallest absolute Gasteiger partial charge is 0.00199 e. The van der Waals surface area contributed by atoms with E-state index >= 15 is 0 Å². The second-order valence-electron chi connectivity index (χ2n) is 10.9. The number of hydrogen-bond acceptors (Lipinski definition) is 0. The maximum absolute atomic E-state index is 2.39. The molecule has 0 radical (unpaired) electrons. The summed E-state index contributed by atoms with van der Waals surface area (Å²) in [6.07, 6.45) is 0. The van der Waals surface area contributed by atoms with Gasteiger partial charge in [0.15, 0.2) is 0 Å². The first-order chi connectivity index (χ1) is 20.8. The van der Waals surface area contributed by atoms with Crippen LogP contribution in [0.5, 0.6) is 0 Å². The molecule has 42 heavy (non-hydrogen) atoms. The van der Waals surface area contributed by atoms with Crippen molar-refractivity contribution >= 4 is 32.3 Å². The highest BCUT2D eigenvalue weighted by Gasteiger charge is 2.19. The van der Waals surface area contributed by atoms with Gasteiger partial charge in [-0.05, 0) is 89.0 Å². The molecule has 0 N–H and O–H groups in total. The van der Waals surface area contributed by atoms with Gasteiger partial charge in [0.25, 0.3) is 0 Å². The summed E-state index contributed by atoms with van der Waals surface area (Å²) in [7, 11) is 0. The zero-order chi connectivity index (χ0) is 27.9. The van der Waals surface area contributed by atoms with Gasteiger partial charge >= 0.3 is 0 Å². The Morgan fingerprint density at radius 2 is 0.619 bits per heavy atom. The second kappa shape index (κ2) is 10.2. The van der Waals surface area contributed by atoms with Crippen molar-refractivity contribution in [3.05, 3.63) is 170 Å². The van der Waals surface area contributed by atoms with E-state index in [2.05, 4.69) is 170 Å². The highest BCUT2D eigenvalue weighted by Crippen LogP contribution is 2.47. The van der Waals surface area contributed by atoms with Crippen molar-refractivity contribution in [2.45, 2.75) is 0 Å². The Morgan fingerprint density at radius 1 is 0.238 bits per heavy atom. The van der Waals surface area contributed by atoms with Crippen LogP contribution in [-0.4, -0.2) is 0 Å². The average Bonchev–Trinajstić information content (AvgIpc) is 3.07. The zero-order valence-electron chi connectivity index (χ0n) is 23.2. The van der Waals surface area contributed by atoms with Crippen LogP contribution >= 0.6 is 0 Å².